The quantitative estimate of drug-likeness (QED) is 0.849. The number of aryl methyl sites for hydroxylation is 1. The molecular formula is C18H24N4O3. The predicted octanol–water partition coefficient (Wildman–Crippen LogP) is 1.17. The predicted molar refractivity (Wildman–Crippen MR) is 93.8 cm³/mol. The molecule has 2 heterocycles. The fourth-order valence-corrected chi connectivity index (χ4v) is 3.17. The van der Waals surface area contributed by atoms with E-state index in [-0.39, 0.29) is 18.4 Å². The van der Waals surface area contributed by atoms with Gasteiger partial charge in [-0.15, -0.1) is 0 Å². The molecule has 2 aromatic rings. The normalized spacial score (nSPS) is 16.1. The minimum absolute atomic E-state index is 0.150. The number of amides is 2. The minimum Gasteiger partial charge on any atom is -0.441 e. The highest BCUT2D eigenvalue weighted by Crippen LogP contribution is 2.16. The first-order chi connectivity index (χ1) is 12.1. The SMILES string of the molecule is NC(=O)CN1CCCN(C(=O)CCCc2nc3ccccc3o2)CC1. The molecular weight excluding hydrogens is 320 g/mol. The molecule has 0 aliphatic carbocycles. The van der Waals surface area contributed by atoms with Crippen LogP contribution in [0, 0.1) is 0 Å². The lowest BCUT2D eigenvalue weighted by molar-refractivity contribution is -0.131. The number of fused-ring (bicyclic) bond motifs is 1. The zero-order valence-electron chi connectivity index (χ0n) is 14.3. The number of carbonyl (C=O) groups is 2. The summed E-state index contributed by atoms with van der Waals surface area (Å²) in [5.74, 6) is 0.507. The second-order valence-corrected chi connectivity index (χ2v) is 6.41. The molecule has 3 rings (SSSR count). The average molecular weight is 344 g/mol. The maximum absolute atomic E-state index is 12.4. The molecule has 2 amide bonds. The molecule has 134 valence electrons. The second kappa shape index (κ2) is 8.11. The molecule has 1 aromatic carbocycles. The van der Waals surface area contributed by atoms with E-state index in [9.17, 15) is 9.59 Å². The largest absolute Gasteiger partial charge is 0.441 e. The van der Waals surface area contributed by atoms with Gasteiger partial charge >= 0.3 is 0 Å². The molecule has 1 aliphatic rings. The lowest BCUT2D eigenvalue weighted by atomic mass is 10.2. The van der Waals surface area contributed by atoms with Gasteiger partial charge in [0.2, 0.25) is 11.8 Å². The molecule has 1 aromatic heterocycles. The van der Waals surface area contributed by atoms with Crippen LogP contribution in [0.4, 0.5) is 0 Å². The molecule has 0 bridgehead atoms. The molecule has 2 N–H and O–H groups in total. The summed E-state index contributed by atoms with van der Waals surface area (Å²) >= 11 is 0. The maximum atomic E-state index is 12.4. The number of para-hydroxylation sites is 2. The highest BCUT2D eigenvalue weighted by atomic mass is 16.3. The first kappa shape index (κ1) is 17.4. The van der Waals surface area contributed by atoms with Crippen LogP contribution in [0.1, 0.15) is 25.2 Å². The second-order valence-electron chi connectivity index (χ2n) is 6.41. The van der Waals surface area contributed by atoms with Crippen LogP contribution in [0.25, 0.3) is 11.1 Å². The Kier molecular flexibility index (Phi) is 5.65. The van der Waals surface area contributed by atoms with Crippen LogP contribution >= 0.6 is 0 Å². The van der Waals surface area contributed by atoms with Gasteiger partial charge < -0.3 is 15.1 Å². The number of oxazole rings is 1. The van der Waals surface area contributed by atoms with Crippen LogP contribution in [-0.2, 0) is 16.0 Å². The third-order valence-electron chi connectivity index (χ3n) is 4.44. The van der Waals surface area contributed by atoms with Crippen molar-refractivity contribution in [1.82, 2.24) is 14.8 Å². The molecule has 0 atom stereocenters. The molecule has 1 fully saturated rings. The number of hydrogen-bond donors (Lipinski definition) is 1. The Morgan fingerprint density at radius 2 is 2.00 bits per heavy atom. The van der Waals surface area contributed by atoms with E-state index in [0.717, 1.165) is 30.6 Å². The summed E-state index contributed by atoms with van der Waals surface area (Å²) in [6.07, 6.45) is 2.72. The number of nitrogens with zero attached hydrogens (tertiary/aromatic N) is 3. The highest BCUT2D eigenvalue weighted by Gasteiger charge is 2.19. The van der Waals surface area contributed by atoms with Gasteiger partial charge in [-0.3, -0.25) is 14.5 Å². The van der Waals surface area contributed by atoms with Crippen molar-refractivity contribution < 1.29 is 14.0 Å². The van der Waals surface area contributed by atoms with E-state index < -0.39 is 0 Å². The van der Waals surface area contributed by atoms with E-state index in [1.165, 1.54) is 0 Å². The number of nitrogens with two attached hydrogens (primary N) is 1. The van der Waals surface area contributed by atoms with Gasteiger partial charge in [0.1, 0.15) is 5.52 Å². The van der Waals surface area contributed by atoms with E-state index in [4.69, 9.17) is 10.2 Å². The molecule has 25 heavy (non-hydrogen) atoms. The fraction of sp³-hybridized carbons (Fsp3) is 0.500. The summed E-state index contributed by atoms with van der Waals surface area (Å²) in [6.45, 7) is 3.14. The number of carbonyl (C=O) groups excluding carboxylic acids is 2. The van der Waals surface area contributed by atoms with Gasteiger partial charge in [-0.05, 0) is 25.0 Å². The van der Waals surface area contributed by atoms with E-state index in [1.54, 1.807) is 0 Å². The summed E-state index contributed by atoms with van der Waals surface area (Å²) < 4.78 is 5.68. The molecule has 7 nitrogen and oxygen atoms in total. The Bertz CT molecular complexity index is 710. The lowest BCUT2D eigenvalue weighted by Gasteiger charge is -2.21. The molecule has 1 saturated heterocycles. The molecule has 0 spiro atoms. The molecule has 0 saturated carbocycles. The van der Waals surface area contributed by atoms with Gasteiger partial charge in [0.25, 0.3) is 0 Å². The minimum atomic E-state index is -0.321. The summed E-state index contributed by atoms with van der Waals surface area (Å²) in [5.41, 5.74) is 6.88. The van der Waals surface area contributed by atoms with Crippen LogP contribution < -0.4 is 5.73 Å². The molecule has 0 radical (unpaired) electrons. The third kappa shape index (κ3) is 4.79. The van der Waals surface area contributed by atoms with Crippen molar-refractivity contribution in [1.29, 1.82) is 0 Å². The van der Waals surface area contributed by atoms with Crippen molar-refractivity contribution in [2.45, 2.75) is 25.7 Å². The van der Waals surface area contributed by atoms with Crippen LogP contribution in [0.2, 0.25) is 0 Å². The molecule has 0 unspecified atom stereocenters. The van der Waals surface area contributed by atoms with Gasteiger partial charge in [0.15, 0.2) is 11.5 Å². The van der Waals surface area contributed by atoms with Crippen LogP contribution in [-0.4, -0.2) is 59.3 Å². The van der Waals surface area contributed by atoms with Crippen LogP contribution in [0.15, 0.2) is 28.7 Å². The van der Waals surface area contributed by atoms with Gasteiger partial charge in [0.05, 0.1) is 6.54 Å². The Morgan fingerprint density at radius 3 is 2.80 bits per heavy atom. The Hall–Kier alpha value is -2.41. The third-order valence-corrected chi connectivity index (χ3v) is 4.44. The summed E-state index contributed by atoms with van der Waals surface area (Å²) in [7, 11) is 0. The average Bonchev–Trinajstić information content (AvgIpc) is 2.85. The number of benzene rings is 1. The Balaban J connectivity index is 1.45. The van der Waals surface area contributed by atoms with Crippen LogP contribution in [0.3, 0.4) is 0 Å². The summed E-state index contributed by atoms with van der Waals surface area (Å²) in [6, 6.07) is 7.66. The van der Waals surface area contributed by atoms with E-state index >= 15 is 0 Å². The summed E-state index contributed by atoms with van der Waals surface area (Å²) in [4.78, 5) is 31.8. The number of hydrogen-bond acceptors (Lipinski definition) is 5. The number of rotatable bonds is 6. The lowest BCUT2D eigenvalue weighted by Crippen LogP contribution is -2.38. The zero-order chi connectivity index (χ0) is 17.6. The topological polar surface area (TPSA) is 92.7 Å². The van der Waals surface area contributed by atoms with Gasteiger partial charge in [0, 0.05) is 39.0 Å². The van der Waals surface area contributed by atoms with Gasteiger partial charge in [-0.2, -0.15) is 0 Å². The monoisotopic (exact) mass is 344 g/mol. The van der Waals surface area contributed by atoms with E-state index in [2.05, 4.69) is 4.98 Å². The van der Waals surface area contributed by atoms with E-state index in [0.29, 0.717) is 38.2 Å². The fourth-order valence-electron chi connectivity index (χ4n) is 3.17. The standard InChI is InChI=1S/C18H24N4O3/c19-16(23)13-21-9-4-10-22(12-11-21)18(24)8-3-7-17-20-14-5-1-2-6-15(14)25-17/h1-2,5-6H,3-4,7-13H2,(H2,19,23). The first-order valence-corrected chi connectivity index (χ1v) is 8.75. The van der Waals surface area contributed by atoms with Crippen molar-refractivity contribution in [3.05, 3.63) is 30.2 Å². The maximum Gasteiger partial charge on any atom is 0.231 e. The summed E-state index contributed by atoms with van der Waals surface area (Å²) in [5, 5.41) is 0. The van der Waals surface area contributed by atoms with Crippen molar-refractivity contribution in [3.8, 4) is 0 Å². The number of primary amides is 1. The molecule has 1 aliphatic heterocycles. The van der Waals surface area contributed by atoms with Crippen LogP contribution in [0.5, 0.6) is 0 Å². The van der Waals surface area contributed by atoms with Crippen molar-refractivity contribution >= 4 is 22.9 Å². The van der Waals surface area contributed by atoms with Crippen molar-refractivity contribution in [2.24, 2.45) is 5.73 Å². The van der Waals surface area contributed by atoms with Gasteiger partial charge in [-0.1, -0.05) is 12.1 Å². The van der Waals surface area contributed by atoms with Crippen molar-refractivity contribution in [2.75, 3.05) is 32.7 Å². The molecule has 7 heteroatoms. The van der Waals surface area contributed by atoms with Gasteiger partial charge in [-0.25, -0.2) is 4.98 Å². The zero-order valence-corrected chi connectivity index (χ0v) is 14.3. The highest BCUT2D eigenvalue weighted by molar-refractivity contribution is 5.77. The van der Waals surface area contributed by atoms with Crippen molar-refractivity contribution in [3.63, 3.8) is 0 Å². The number of aromatic nitrogens is 1. The Labute approximate surface area is 146 Å². The smallest absolute Gasteiger partial charge is 0.231 e. The first-order valence-electron chi connectivity index (χ1n) is 8.75. The Morgan fingerprint density at radius 1 is 1.16 bits per heavy atom. The van der Waals surface area contributed by atoms with E-state index in [1.807, 2.05) is 34.1 Å².